The predicted octanol–water partition coefficient (Wildman–Crippen LogP) is 3.02. The molecule has 0 amide bonds. The Hall–Kier alpha value is -2.49. The lowest BCUT2D eigenvalue weighted by Gasteiger charge is -2.02. The molecule has 0 bridgehead atoms. The van der Waals surface area contributed by atoms with Crippen LogP contribution in [0, 0.1) is 6.92 Å². The van der Waals surface area contributed by atoms with E-state index >= 15 is 0 Å². The first-order valence-electron chi connectivity index (χ1n) is 5.82. The molecule has 19 heavy (non-hydrogen) atoms. The summed E-state index contributed by atoms with van der Waals surface area (Å²) in [5.74, 6) is 0.869. The molecule has 0 saturated carbocycles. The lowest BCUT2D eigenvalue weighted by atomic mass is 10.1. The molecule has 0 radical (unpaired) electrons. The summed E-state index contributed by atoms with van der Waals surface area (Å²) in [5, 5.41) is 0. The maximum Gasteiger partial charge on any atom is 0.330 e. The molecule has 1 aromatic carbocycles. The molecule has 2 rings (SSSR count). The van der Waals surface area contributed by atoms with E-state index in [0.29, 0.717) is 11.5 Å². The van der Waals surface area contributed by atoms with Crippen LogP contribution in [-0.4, -0.2) is 13.1 Å². The number of carbonyl (C=O) groups excluding carboxylic acids is 1. The number of benzene rings is 1. The van der Waals surface area contributed by atoms with Crippen molar-refractivity contribution in [3.63, 3.8) is 0 Å². The first-order valence-corrected chi connectivity index (χ1v) is 5.82. The summed E-state index contributed by atoms with van der Waals surface area (Å²) in [5.41, 5.74) is 8.52. The Kier molecular flexibility index (Phi) is 3.71. The van der Waals surface area contributed by atoms with Crippen molar-refractivity contribution in [2.75, 3.05) is 12.8 Å². The summed E-state index contributed by atoms with van der Waals surface area (Å²) in [7, 11) is 1.33. The van der Waals surface area contributed by atoms with E-state index in [1.807, 2.05) is 31.2 Å². The molecule has 98 valence electrons. The molecule has 1 aromatic heterocycles. The van der Waals surface area contributed by atoms with Gasteiger partial charge in [-0.2, -0.15) is 0 Å². The maximum absolute atomic E-state index is 11.0. The predicted molar refractivity (Wildman–Crippen MR) is 74.3 cm³/mol. The first-order chi connectivity index (χ1) is 9.10. The Morgan fingerprint density at radius 1 is 1.32 bits per heavy atom. The maximum atomic E-state index is 11.0. The molecule has 2 aromatic rings. The number of hydrogen-bond donors (Lipinski definition) is 1. The first kappa shape index (κ1) is 13.0. The van der Waals surface area contributed by atoms with E-state index in [4.69, 9.17) is 10.2 Å². The Labute approximate surface area is 111 Å². The largest absolute Gasteiger partial charge is 0.466 e. The van der Waals surface area contributed by atoms with Crippen molar-refractivity contribution in [1.82, 2.24) is 0 Å². The Bertz CT molecular complexity index is 626. The van der Waals surface area contributed by atoms with Crippen LogP contribution in [0.2, 0.25) is 0 Å². The Morgan fingerprint density at radius 2 is 2.11 bits per heavy atom. The molecule has 2 N–H and O–H groups in total. The second-order valence-corrected chi connectivity index (χ2v) is 4.13. The van der Waals surface area contributed by atoms with Crippen LogP contribution in [0.4, 0.5) is 5.69 Å². The van der Waals surface area contributed by atoms with Gasteiger partial charge in [-0.3, -0.25) is 0 Å². The summed E-state index contributed by atoms with van der Waals surface area (Å²) in [6.07, 6.45) is 2.87. The molecule has 0 atom stereocenters. The van der Waals surface area contributed by atoms with Crippen molar-refractivity contribution in [1.29, 1.82) is 0 Å². The van der Waals surface area contributed by atoms with Crippen molar-refractivity contribution in [2.24, 2.45) is 0 Å². The van der Waals surface area contributed by atoms with E-state index in [1.165, 1.54) is 13.2 Å². The molecule has 4 heteroatoms. The van der Waals surface area contributed by atoms with Crippen LogP contribution in [-0.2, 0) is 9.53 Å². The van der Waals surface area contributed by atoms with E-state index in [9.17, 15) is 4.79 Å². The number of nitrogen functional groups attached to an aromatic ring is 1. The van der Waals surface area contributed by atoms with Crippen LogP contribution in [0.5, 0.6) is 0 Å². The third-order valence-corrected chi connectivity index (χ3v) is 2.78. The zero-order valence-corrected chi connectivity index (χ0v) is 10.8. The number of carbonyl (C=O) groups is 1. The number of aryl methyl sites for hydroxylation is 1. The highest BCUT2D eigenvalue weighted by Gasteiger charge is 2.05. The van der Waals surface area contributed by atoms with Gasteiger partial charge >= 0.3 is 5.97 Å². The van der Waals surface area contributed by atoms with Crippen LogP contribution in [0.15, 0.2) is 40.8 Å². The third kappa shape index (κ3) is 3.04. The number of rotatable bonds is 3. The van der Waals surface area contributed by atoms with Crippen LogP contribution in [0.3, 0.4) is 0 Å². The minimum atomic E-state index is -0.419. The van der Waals surface area contributed by atoms with Gasteiger partial charge in [0.15, 0.2) is 0 Å². The number of esters is 1. The minimum absolute atomic E-state index is 0.419. The molecule has 0 aliphatic rings. The van der Waals surface area contributed by atoms with E-state index in [-0.39, 0.29) is 0 Å². The van der Waals surface area contributed by atoms with Crippen LogP contribution in [0.25, 0.3) is 17.4 Å². The topological polar surface area (TPSA) is 65.5 Å². The second-order valence-electron chi connectivity index (χ2n) is 4.13. The molecule has 0 aliphatic carbocycles. The van der Waals surface area contributed by atoms with Gasteiger partial charge in [0.2, 0.25) is 0 Å². The Morgan fingerprint density at radius 3 is 2.79 bits per heavy atom. The van der Waals surface area contributed by atoms with Gasteiger partial charge in [-0.15, -0.1) is 0 Å². The van der Waals surface area contributed by atoms with Gasteiger partial charge in [0.05, 0.1) is 7.11 Å². The van der Waals surface area contributed by atoms with Gasteiger partial charge in [-0.1, -0.05) is 12.1 Å². The number of anilines is 1. The van der Waals surface area contributed by atoms with Crippen molar-refractivity contribution in [3.8, 4) is 11.3 Å². The SMILES string of the molecule is COC(=O)/C=C/c1ccc(-c2ccc(C)c(N)c2)o1. The molecular weight excluding hydrogens is 242 g/mol. The van der Waals surface area contributed by atoms with Crippen LogP contribution >= 0.6 is 0 Å². The summed E-state index contributed by atoms with van der Waals surface area (Å²) in [6, 6.07) is 9.36. The fourth-order valence-corrected chi connectivity index (χ4v) is 1.61. The normalized spacial score (nSPS) is 10.8. The zero-order chi connectivity index (χ0) is 13.8. The standard InChI is InChI=1S/C15H15NO3/c1-10-3-4-11(9-13(10)16)14-7-5-12(19-14)6-8-15(17)18-2/h3-9H,16H2,1-2H3/b8-6+. The highest BCUT2D eigenvalue weighted by molar-refractivity contribution is 5.86. The fraction of sp³-hybridized carbons (Fsp3) is 0.133. The van der Waals surface area contributed by atoms with E-state index in [1.54, 1.807) is 12.1 Å². The average molecular weight is 257 g/mol. The highest BCUT2D eigenvalue weighted by Crippen LogP contribution is 2.26. The zero-order valence-electron chi connectivity index (χ0n) is 10.8. The van der Waals surface area contributed by atoms with Gasteiger partial charge < -0.3 is 14.9 Å². The van der Waals surface area contributed by atoms with Crippen molar-refractivity contribution < 1.29 is 13.9 Å². The number of furan rings is 1. The number of nitrogens with two attached hydrogens (primary N) is 1. The molecule has 1 heterocycles. The number of ether oxygens (including phenoxy) is 1. The highest BCUT2D eigenvalue weighted by atomic mass is 16.5. The van der Waals surface area contributed by atoms with Crippen molar-refractivity contribution in [2.45, 2.75) is 6.92 Å². The van der Waals surface area contributed by atoms with Gasteiger partial charge in [-0.25, -0.2) is 4.79 Å². The second kappa shape index (κ2) is 5.44. The lowest BCUT2D eigenvalue weighted by Crippen LogP contribution is -1.92. The Balaban J connectivity index is 2.23. The third-order valence-electron chi connectivity index (χ3n) is 2.78. The summed E-state index contributed by atoms with van der Waals surface area (Å²) < 4.78 is 10.1. The van der Waals surface area contributed by atoms with Gasteiger partial charge in [0.1, 0.15) is 11.5 Å². The quantitative estimate of drug-likeness (QED) is 0.521. The lowest BCUT2D eigenvalue weighted by molar-refractivity contribution is -0.134. The van der Waals surface area contributed by atoms with E-state index in [2.05, 4.69) is 4.74 Å². The monoisotopic (exact) mass is 257 g/mol. The van der Waals surface area contributed by atoms with Crippen LogP contribution < -0.4 is 5.73 Å². The van der Waals surface area contributed by atoms with Crippen molar-refractivity contribution >= 4 is 17.7 Å². The van der Waals surface area contributed by atoms with Gasteiger partial charge in [0.25, 0.3) is 0 Å². The van der Waals surface area contributed by atoms with Gasteiger partial charge in [0, 0.05) is 17.3 Å². The molecule has 0 aliphatic heterocycles. The van der Waals surface area contributed by atoms with E-state index < -0.39 is 5.97 Å². The van der Waals surface area contributed by atoms with Crippen molar-refractivity contribution in [3.05, 3.63) is 47.7 Å². The number of methoxy groups -OCH3 is 1. The molecule has 4 nitrogen and oxygen atoms in total. The summed E-state index contributed by atoms with van der Waals surface area (Å²) in [6.45, 7) is 1.95. The molecular formula is C15H15NO3. The van der Waals surface area contributed by atoms with Crippen LogP contribution in [0.1, 0.15) is 11.3 Å². The summed E-state index contributed by atoms with van der Waals surface area (Å²) in [4.78, 5) is 11.0. The molecule has 0 unspecified atom stereocenters. The van der Waals surface area contributed by atoms with E-state index in [0.717, 1.165) is 16.8 Å². The fourth-order valence-electron chi connectivity index (χ4n) is 1.61. The van der Waals surface area contributed by atoms with Gasteiger partial charge in [-0.05, 0) is 36.8 Å². The minimum Gasteiger partial charge on any atom is -0.466 e. The molecule has 0 fully saturated rings. The smallest absolute Gasteiger partial charge is 0.330 e. The molecule has 0 saturated heterocycles. The average Bonchev–Trinajstić information content (AvgIpc) is 2.88. The summed E-state index contributed by atoms with van der Waals surface area (Å²) >= 11 is 0. The molecule has 0 spiro atoms. The number of hydrogen-bond acceptors (Lipinski definition) is 4.